The Hall–Kier alpha value is -4.27. The third-order valence-corrected chi connectivity index (χ3v) is 6.98. The molecule has 9 nitrogen and oxygen atoms in total. The quantitative estimate of drug-likeness (QED) is 0.429. The second-order valence-corrected chi connectivity index (χ2v) is 8.96. The van der Waals surface area contributed by atoms with E-state index in [0.29, 0.717) is 31.4 Å². The van der Waals surface area contributed by atoms with Crippen LogP contribution in [-0.2, 0) is 7.05 Å². The van der Waals surface area contributed by atoms with Gasteiger partial charge in [-0.15, -0.1) is 0 Å². The lowest BCUT2D eigenvalue weighted by Crippen LogP contribution is -2.44. The lowest BCUT2D eigenvalue weighted by molar-refractivity contribution is 0.173. The number of imidazole rings is 1. The first-order valence-corrected chi connectivity index (χ1v) is 11.7. The lowest BCUT2D eigenvalue weighted by Gasteiger charge is -2.32. The maximum atomic E-state index is 13.4. The van der Waals surface area contributed by atoms with Crippen molar-refractivity contribution in [3.8, 4) is 11.3 Å². The minimum absolute atomic E-state index is 0.0227. The smallest absolute Gasteiger partial charge is 0.329 e. The first-order valence-electron chi connectivity index (χ1n) is 11.7. The second kappa shape index (κ2) is 8.19. The third kappa shape index (κ3) is 3.42. The maximum Gasteiger partial charge on any atom is 0.329 e. The normalized spacial score (nSPS) is 14.7. The molecule has 1 aliphatic rings. The molecule has 1 N–H and O–H groups in total. The summed E-state index contributed by atoms with van der Waals surface area (Å²) in [5.74, 6) is 0. The molecule has 4 aromatic heterocycles. The second-order valence-electron chi connectivity index (χ2n) is 8.96. The largest absolute Gasteiger partial charge is 0.341 e. The summed E-state index contributed by atoms with van der Waals surface area (Å²) in [4.78, 5) is 41.4. The van der Waals surface area contributed by atoms with Gasteiger partial charge in [0.1, 0.15) is 5.52 Å². The van der Waals surface area contributed by atoms with Crippen molar-refractivity contribution in [3.05, 3.63) is 65.3 Å². The van der Waals surface area contributed by atoms with Crippen LogP contribution < -0.4 is 11.0 Å². The zero-order chi connectivity index (χ0) is 24.1. The molecule has 0 aliphatic carbocycles. The fourth-order valence-electron chi connectivity index (χ4n) is 5.08. The molecule has 2 amide bonds. The number of benzene rings is 1. The number of hydrogen-bond acceptors (Lipinski definition) is 5. The molecule has 0 unspecified atom stereocenters. The standard InChI is InChI=1S/C26H25N7O2/c1-27-25(34)32-11-9-18(10-12-32)33-24-22(31(2)26(33)35)15-29-21-8-7-20(30-23(21)24)17-13-16-5-3-4-6-19(16)28-14-17/h3-8,13-15,18H,9-12H2,1-2H3,(H,27,34). The van der Waals surface area contributed by atoms with Crippen LogP contribution in [-0.4, -0.2) is 55.2 Å². The topological polar surface area (TPSA) is 97.9 Å². The molecular weight excluding hydrogens is 442 g/mol. The van der Waals surface area contributed by atoms with E-state index in [-0.39, 0.29) is 17.8 Å². The van der Waals surface area contributed by atoms with E-state index in [2.05, 4.69) is 21.4 Å². The van der Waals surface area contributed by atoms with E-state index < -0.39 is 0 Å². The van der Waals surface area contributed by atoms with Gasteiger partial charge in [0.15, 0.2) is 0 Å². The van der Waals surface area contributed by atoms with Crippen molar-refractivity contribution >= 4 is 39.0 Å². The molecule has 9 heteroatoms. The van der Waals surface area contributed by atoms with Gasteiger partial charge in [-0.2, -0.15) is 0 Å². The number of aryl methyl sites for hydroxylation is 1. The van der Waals surface area contributed by atoms with Gasteiger partial charge in [0.05, 0.1) is 34.0 Å². The number of hydrogen-bond donors (Lipinski definition) is 1. The van der Waals surface area contributed by atoms with E-state index in [1.165, 1.54) is 0 Å². The number of rotatable bonds is 2. The highest BCUT2D eigenvalue weighted by molar-refractivity contribution is 6.00. The fourth-order valence-corrected chi connectivity index (χ4v) is 5.08. The predicted molar refractivity (Wildman–Crippen MR) is 135 cm³/mol. The average molecular weight is 468 g/mol. The molecule has 5 aromatic rings. The Balaban J connectivity index is 1.50. The Kier molecular flexibility index (Phi) is 4.98. The Bertz CT molecular complexity index is 1660. The van der Waals surface area contributed by atoms with Crippen LogP contribution >= 0.6 is 0 Å². The number of nitrogens with zero attached hydrogens (tertiary/aromatic N) is 6. The van der Waals surface area contributed by atoms with Crippen LogP contribution in [0.3, 0.4) is 0 Å². The number of carbonyl (C=O) groups excluding carboxylic acids is 1. The molecule has 1 aliphatic heterocycles. The summed E-state index contributed by atoms with van der Waals surface area (Å²) < 4.78 is 3.49. The minimum Gasteiger partial charge on any atom is -0.341 e. The molecule has 6 rings (SSSR count). The van der Waals surface area contributed by atoms with E-state index in [0.717, 1.165) is 38.7 Å². The molecule has 1 fully saturated rings. The number of carbonyl (C=O) groups is 1. The Morgan fingerprint density at radius 1 is 1.03 bits per heavy atom. The summed E-state index contributed by atoms with van der Waals surface area (Å²) in [6.45, 7) is 1.19. The number of nitrogens with one attached hydrogen (secondary N) is 1. The van der Waals surface area contributed by atoms with E-state index in [1.54, 1.807) is 29.8 Å². The molecular formula is C26H25N7O2. The van der Waals surface area contributed by atoms with E-state index >= 15 is 0 Å². The van der Waals surface area contributed by atoms with Crippen LogP contribution in [0.2, 0.25) is 0 Å². The Labute approximate surface area is 201 Å². The van der Waals surface area contributed by atoms with Crippen LogP contribution in [0.25, 0.3) is 44.2 Å². The van der Waals surface area contributed by atoms with Crippen LogP contribution in [0, 0.1) is 0 Å². The third-order valence-electron chi connectivity index (χ3n) is 6.98. The molecule has 176 valence electrons. The van der Waals surface area contributed by atoms with Gasteiger partial charge < -0.3 is 10.2 Å². The first-order chi connectivity index (χ1) is 17.0. The summed E-state index contributed by atoms with van der Waals surface area (Å²) in [6.07, 6.45) is 4.97. The van der Waals surface area contributed by atoms with Crippen molar-refractivity contribution < 1.29 is 4.79 Å². The molecule has 0 atom stereocenters. The molecule has 1 aromatic carbocycles. The van der Waals surface area contributed by atoms with Crippen LogP contribution in [0.15, 0.2) is 59.7 Å². The summed E-state index contributed by atoms with van der Waals surface area (Å²) in [5, 5.41) is 3.73. The number of likely N-dealkylation sites (tertiary alicyclic amines) is 1. The Morgan fingerprint density at radius 2 is 1.80 bits per heavy atom. The van der Waals surface area contributed by atoms with Gasteiger partial charge in [-0.3, -0.25) is 19.1 Å². The molecule has 35 heavy (non-hydrogen) atoms. The molecule has 1 saturated heterocycles. The Morgan fingerprint density at radius 3 is 2.60 bits per heavy atom. The van der Waals surface area contributed by atoms with Crippen molar-refractivity contribution in [3.63, 3.8) is 0 Å². The van der Waals surface area contributed by atoms with Crippen molar-refractivity contribution in [2.24, 2.45) is 7.05 Å². The van der Waals surface area contributed by atoms with Gasteiger partial charge in [-0.1, -0.05) is 18.2 Å². The monoisotopic (exact) mass is 467 g/mol. The predicted octanol–water partition coefficient (Wildman–Crippen LogP) is 3.47. The van der Waals surface area contributed by atoms with Crippen molar-refractivity contribution in [2.45, 2.75) is 18.9 Å². The molecule has 0 radical (unpaired) electrons. The lowest BCUT2D eigenvalue weighted by atomic mass is 10.0. The van der Waals surface area contributed by atoms with Crippen LogP contribution in [0.1, 0.15) is 18.9 Å². The highest BCUT2D eigenvalue weighted by atomic mass is 16.2. The SMILES string of the molecule is CNC(=O)N1CCC(n2c(=O)n(C)c3cnc4ccc(-c5cnc6ccccc6c5)nc4c32)CC1. The molecule has 5 heterocycles. The average Bonchev–Trinajstić information content (AvgIpc) is 3.17. The molecule has 0 bridgehead atoms. The van der Waals surface area contributed by atoms with Crippen molar-refractivity contribution in [1.29, 1.82) is 0 Å². The minimum atomic E-state index is -0.0905. The zero-order valence-corrected chi connectivity index (χ0v) is 19.6. The van der Waals surface area contributed by atoms with E-state index in [9.17, 15) is 9.59 Å². The summed E-state index contributed by atoms with van der Waals surface area (Å²) in [6, 6.07) is 13.8. The van der Waals surface area contributed by atoms with Crippen molar-refractivity contribution in [2.75, 3.05) is 20.1 Å². The van der Waals surface area contributed by atoms with E-state index in [1.807, 2.05) is 47.2 Å². The van der Waals surface area contributed by atoms with Gasteiger partial charge in [-0.05, 0) is 37.1 Å². The van der Waals surface area contributed by atoms with Crippen molar-refractivity contribution in [1.82, 2.24) is 34.3 Å². The zero-order valence-electron chi connectivity index (χ0n) is 19.6. The number of aromatic nitrogens is 5. The van der Waals surface area contributed by atoms with Crippen LogP contribution in [0.4, 0.5) is 4.79 Å². The highest BCUT2D eigenvalue weighted by Gasteiger charge is 2.27. The summed E-state index contributed by atoms with van der Waals surface area (Å²) in [5.41, 5.74) is 5.49. The number of amides is 2. The van der Waals surface area contributed by atoms with Gasteiger partial charge in [0.2, 0.25) is 0 Å². The molecule has 0 spiro atoms. The van der Waals surface area contributed by atoms with E-state index in [4.69, 9.17) is 4.98 Å². The number of para-hydroxylation sites is 1. The van der Waals surface area contributed by atoms with Gasteiger partial charge >= 0.3 is 11.7 Å². The van der Waals surface area contributed by atoms with Crippen LogP contribution in [0.5, 0.6) is 0 Å². The first kappa shape index (κ1) is 21.3. The fraction of sp³-hybridized carbons (Fsp3) is 0.269. The number of fused-ring (bicyclic) bond motifs is 4. The number of pyridine rings is 3. The highest BCUT2D eigenvalue weighted by Crippen LogP contribution is 2.30. The van der Waals surface area contributed by atoms with Gasteiger partial charge in [-0.25, -0.2) is 14.6 Å². The number of piperidine rings is 1. The van der Waals surface area contributed by atoms with Gasteiger partial charge in [0.25, 0.3) is 0 Å². The summed E-state index contributed by atoms with van der Waals surface area (Å²) in [7, 11) is 3.41. The number of urea groups is 1. The summed E-state index contributed by atoms with van der Waals surface area (Å²) >= 11 is 0. The maximum absolute atomic E-state index is 13.4. The molecule has 0 saturated carbocycles. The van der Waals surface area contributed by atoms with Gasteiger partial charge in [0, 0.05) is 50.4 Å².